The summed E-state index contributed by atoms with van der Waals surface area (Å²) in [7, 11) is 0. The van der Waals surface area contributed by atoms with Crippen molar-refractivity contribution in [2.75, 3.05) is 0 Å². The molecule has 1 spiro atoms. The van der Waals surface area contributed by atoms with Gasteiger partial charge in [-0.15, -0.1) is 5.01 Å². The van der Waals surface area contributed by atoms with E-state index in [0.717, 1.165) is 29.8 Å². The largest absolute Gasteiger partial charge is 0.346 e. The van der Waals surface area contributed by atoms with Gasteiger partial charge in [0.15, 0.2) is 0 Å². The average Bonchev–Trinajstić information content (AvgIpc) is 2.70. The van der Waals surface area contributed by atoms with Gasteiger partial charge in [-0.2, -0.15) is 5.10 Å². The zero-order chi connectivity index (χ0) is 14.0. The van der Waals surface area contributed by atoms with Gasteiger partial charge in [0.25, 0.3) is 5.91 Å². The number of aromatic nitrogens is 1. The summed E-state index contributed by atoms with van der Waals surface area (Å²) in [5.41, 5.74) is 0.0791. The van der Waals surface area contributed by atoms with E-state index in [2.05, 4.69) is 15.4 Å². The van der Waals surface area contributed by atoms with Crippen LogP contribution in [0.4, 0.5) is 4.79 Å². The Labute approximate surface area is 116 Å². The van der Waals surface area contributed by atoms with Gasteiger partial charge in [-0.25, -0.2) is 4.79 Å². The maximum atomic E-state index is 12.4. The van der Waals surface area contributed by atoms with Gasteiger partial charge in [-0.1, -0.05) is 19.3 Å². The van der Waals surface area contributed by atoms with Crippen LogP contribution in [0, 0.1) is 0 Å². The van der Waals surface area contributed by atoms with Crippen molar-refractivity contribution in [1.29, 1.82) is 0 Å². The topological polar surface area (TPSA) is 74.7 Å². The van der Waals surface area contributed by atoms with E-state index in [0.29, 0.717) is 12.8 Å². The van der Waals surface area contributed by atoms with Crippen molar-refractivity contribution < 1.29 is 9.59 Å². The first-order chi connectivity index (χ1) is 9.71. The Balaban J connectivity index is 1.79. The molecule has 1 aliphatic heterocycles. The fourth-order valence-corrected chi connectivity index (χ4v) is 2.78. The summed E-state index contributed by atoms with van der Waals surface area (Å²) >= 11 is 0. The van der Waals surface area contributed by atoms with Crippen LogP contribution in [-0.4, -0.2) is 33.7 Å². The maximum absolute atomic E-state index is 12.4. The molecule has 2 heterocycles. The van der Waals surface area contributed by atoms with Gasteiger partial charge in [0.05, 0.1) is 6.21 Å². The summed E-state index contributed by atoms with van der Waals surface area (Å²) < 4.78 is 0. The van der Waals surface area contributed by atoms with Crippen LogP contribution in [0.5, 0.6) is 0 Å². The van der Waals surface area contributed by atoms with Gasteiger partial charge < -0.3 is 5.32 Å². The SMILES string of the molecule is O=C1NC2(CCCCC2)C(=O)N1N=Cc1ccncc1. The Morgan fingerprint density at radius 3 is 2.60 bits per heavy atom. The van der Waals surface area contributed by atoms with Gasteiger partial charge in [0, 0.05) is 12.4 Å². The Kier molecular flexibility index (Phi) is 3.22. The Morgan fingerprint density at radius 2 is 1.90 bits per heavy atom. The summed E-state index contributed by atoms with van der Waals surface area (Å²) in [5, 5.41) is 7.79. The lowest BCUT2D eigenvalue weighted by Gasteiger charge is -2.29. The fourth-order valence-electron chi connectivity index (χ4n) is 2.78. The van der Waals surface area contributed by atoms with E-state index in [9.17, 15) is 9.59 Å². The molecule has 0 unspecified atom stereocenters. The Bertz CT molecular complexity index is 550. The molecular weight excluding hydrogens is 256 g/mol. The second-order valence-electron chi connectivity index (χ2n) is 5.21. The number of rotatable bonds is 2. The van der Waals surface area contributed by atoms with E-state index in [-0.39, 0.29) is 5.91 Å². The highest BCUT2D eigenvalue weighted by molar-refractivity contribution is 6.07. The molecule has 3 amide bonds. The predicted octanol–water partition coefficient (Wildman–Crippen LogP) is 1.67. The van der Waals surface area contributed by atoms with Crippen LogP contribution in [0.15, 0.2) is 29.6 Å². The molecule has 1 saturated heterocycles. The summed E-state index contributed by atoms with van der Waals surface area (Å²) in [6, 6.07) is 3.10. The molecule has 20 heavy (non-hydrogen) atoms. The molecule has 2 aliphatic rings. The van der Waals surface area contributed by atoms with Gasteiger partial charge in [-0.3, -0.25) is 9.78 Å². The number of carbonyl (C=O) groups is 2. The number of hydrazone groups is 1. The molecule has 1 aromatic heterocycles. The van der Waals surface area contributed by atoms with E-state index in [4.69, 9.17) is 0 Å². The van der Waals surface area contributed by atoms with Crippen molar-refractivity contribution in [2.45, 2.75) is 37.6 Å². The summed E-state index contributed by atoms with van der Waals surface area (Å²) in [4.78, 5) is 28.3. The molecule has 104 valence electrons. The highest BCUT2D eigenvalue weighted by Crippen LogP contribution is 2.33. The van der Waals surface area contributed by atoms with Crippen LogP contribution >= 0.6 is 0 Å². The van der Waals surface area contributed by atoms with Crippen molar-refractivity contribution >= 4 is 18.2 Å². The molecule has 0 atom stereocenters. The van der Waals surface area contributed by atoms with Crippen molar-refractivity contribution in [1.82, 2.24) is 15.3 Å². The zero-order valence-electron chi connectivity index (χ0n) is 11.1. The standard InChI is InChI=1S/C14H16N4O2/c19-12-14(6-2-1-3-7-14)17-13(20)18(12)16-10-11-4-8-15-9-5-11/h4-5,8-10H,1-3,6-7H2,(H,17,20). The number of imide groups is 1. The Morgan fingerprint density at radius 1 is 1.20 bits per heavy atom. The Hall–Kier alpha value is -2.24. The predicted molar refractivity (Wildman–Crippen MR) is 73.0 cm³/mol. The molecule has 1 N–H and O–H groups in total. The van der Waals surface area contributed by atoms with Crippen molar-refractivity contribution in [2.24, 2.45) is 5.10 Å². The summed E-state index contributed by atoms with van der Waals surface area (Å²) in [6.45, 7) is 0. The highest BCUT2D eigenvalue weighted by atomic mass is 16.2. The number of urea groups is 1. The lowest BCUT2D eigenvalue weighted by atomic mass is 9.82. The van der Waals surface area contributed by atoms with E-state index in [1.807, 2.05) is 0 Å². The monoisotopic (exact) mass is 272 g/mol. The number of carbonyl (C=O) groups excluding carboxylic acids is 2. The molecule has 0 radical (unpaired) electrons. The van der Waals surface area contributed by atoms with Crippen LogP contribution in [0.25, 0.3) is 0 Å². The van der Waals surface area contributed by atoms with E-state index < -0.39 is 11.6 Å². The molecule has 0 aromatic carbocycles. The smallest absolute Gasteiger partial charge is 0.321 e. The minimum absolute atomic E-state index is 0.229. The molecule has 1 aliphatic carbocycles. The van der Waals surface area contributed by atoms with Crippen molar-refractivity contribution in [3.63, 3.8) is 0 Å². The normalized spacial score (nSPS) is 21.7. The molecule has 2 fully saturated rings. The van der Waals surface area contributed by atoms with Gasteiger partial charge in [-0.05, 0) is 30.5 Å². The number of hydrogen-bond donors (Lipinski definition) is 1. The number of hydrogen-bond acceptors (Lipinski definition) is 4. The third-order valence-corrected chi connectivity index (χ3v) is 3.88. The third kappa shape index (κ3) is 2.17. The number of nitrogens with zero attached hydrogens (tertiary/aromatic N) is 3. The van der Waals surface area contributed by atoms with Gasteiger partial charge in [0.2, 0.25) is 0 Å². The number of amides is 3. The minimum Gasteiger partial charge on any atom is -0.321 e. The third-order valence-electron chi connectivity index (χ3n) is 3.88. The summed E-state index contributed by atoms with van der Waals surface area (Å²) in [5.74, 6) is -0.229. The van der Waals surface area contributed by atoms with Crippen LogP contribution in [0.1, 0.15) is 37.7 Å². The minimum atomic E-state index is -0.717. The molecule has 6 nitrogen and oxygen atoms in total. The van der Waals surface area contributed by atoms with E-state index in [1.165, 1.54) is 6.21 Å². The highest BCUT2D eigenvalue weighted by Gasteiger charge is 2.51. The fraction of sp³-hybridized carbons (Fsp3) is 0.429. The van der Waals surface area contributed by atoms with Gasteiger partial charge >= 0.3 is 6.03 Å². The second kappa shape index (κ2) is 5.03. The van der Waals surface area contributed by atoms with Crippen LogP contribution in [-0.2, 0) is 4.79 Å². The quantitative estimate of drug-likeness (QED) is 0.657. The first kappa shape index (κ1) is 12.8. The van der Waals surface area contributed by atoms with Crippen molar-refractivity contribution in [3.05, 3.63) is 30.1 Å². The van der Waals surface area contributed by atoms with Crippen LogP contribution < -0.4 is 5.32 Å². The molecule has 3 rings (SSSR count). The number of pyridine rings is 1. The number of nitrogens with one attached hydrogen (secondary N) is 1. The van der Waals surface area contributed by atoms with Crippen LogP contribution in [0.3, 0.4) is 0 Å². The lowest BCUT2D eigenvalue weighted by Crippen LogP contribution is -2.48. The maximum Gasteiger partial charge on any atom is 0.346 e. The molecule has 1 saturated carbocycles. The molecule has 6 heteroatoms. The van der Waals surface area contributed by atoms with Crippen molar-refractivity contribution in [3.8, 4) is 0 Å². The summed E-state index contributed by atoms with van der Waals surface area (Å²) in [6.07, 6.45) is 9.23. The zero-order valence-corrected chi connectivity index (χ0v) is 11.1. The molecule has 1 aromatic rings. The van der Waals surface area contributed by atoms with E-state index in [1.54, 1.807) is 24.5 Å². The average molecular weight is 272 g/mol. The molecule has 0 bridgehead atoms. The first-order valence-corrected chi connectivity index (χ1v) is 6.82. The van der Waals surface area contributed by atoms with Gasteiger partial charge in [0.1, 0.15) is 5.54 Å². The first-order valence-electron chi connectivity index (χ1n) is 6.82. The molecular formula is C14H16N4O2. The van der Waals surface area contributed by atoms with E-state index >= 15 is 0 Å². The second-order valence-corrected chi connectivity index (χ2v) is 5.21. The lowest BCUT2D eigenvalue weighted by molar-refractivity contribution is -0.132. The van der Waals surface area contributed by atoms with Crippen LogP contribution in [0.2, 0.25) is 0 Å².